The fourth-order valence-corrected chi connectivity index (χ4v) is 4.98. The quantitative estimate of drug-likeness (QED) is 0.428. The van der Waals surface area contributed by atoms with Crippen molar-refractivity contribution in [1.29, 1.82) is 0 Å². The second-order valence-electron chi connectivity index (χ2n) is 9.15. The summed E-state index contributed by atoms with van der Waals surface area (Å²) >= 11 is 6.48. The number of benzene rings is 3. The number of carbonyl (C=O) groups excluding carboxylic acids is 3. The Kier molecular flexibility index (Phi) is 5.62. The zero-order chi connectivity index (χ0) is 25.0. The van der Waals surface area contributed by atoms with Gasteiger partial charge in [-0.1, -0.05) is 35.9 Å². The Hall–Kier alpha value is -3.68. The number of rotatable bonds is 5. The summed E-state index contributed by atoms with van der Waals surface area (Å²) in [5.41, 5.74) is 4.10. The van der Waals surface area contributed by atoms with Crippen molar-refractivity contribution in [2.24, 2.45) is 7.05 Å². The standard InChI is InChI=1S/C27H25ClN4O3/c1-30(2)11-12-31(3)27(35)15-9-10-17-20(13-15)32(4)21-14-18(16-7-5-6-8-19(16)28)23-24(22(17)21)26(34)29-25(23)33/h5-10,13-14H,11-12H2,1-4H3,(H,29,33,34). The molecule has 0 spiro atoms. The fraction of sp³-hybridized carbons (Fsp3) is 0.222. The number of halogens is 1. The lowest BCUT2D eigenvalue weighted by Gasteiger charge is -2.19. The van der Waals surface area contributed by atoms with E-state index in [1.165, 1.54) is 0 Å². The molecule has 35 heavy (non-hydrogen) atoms. The molecule has 0 aliphatic carbocycles. The van der Waals surface area contributed by atoms with Crippen molar-refractivity contribution in [1.82, 2.24) is 19.7 Å². The molecular weight excluding hydrogens is 464 g/mol. The van der Waals surface area contributed by atoms with Crippen molar-refractivity contribution >= 4 is 51.1 Å². The Morgan fingerprint density at radius 3 is 2.34 bits per heavy atom. The van der Waals surface area contributed by atoms with Gasteiger partial charge in [0, 0.05) is 59.6 Å². The number of carbonyl (C=O) groups is 3. The van der Waals surface area contributed by atoms with Crippen LogP contribution in [-0.4, -0.2) is 66.3 Å². The van der Waals surface area contributed by atoms with Crippen molar-refractivity contribution in [2.75, 3.05) is 34.2 Å². The van der Waals surface area contributed by atoms with Gasteiger partial charge in [-0.15, -0.1) is 0 Å². The lowest BCUT2D eigenvalue weighted by Crippen LogP contribution is -2.33. The first-order valence-corrected chi connectivity index (χ1v) is 11.7. The first-order valence-electron chi connectivity index (χ1n) is 11.3. The van der Waals surface area contributed by atoms with Crippen LogP contribution < -0.4 is 5.32 Å². The molecule has 0 fully saturated rings. The van der Waals surface area contributed by atoms with Crippen LogP contribution in [0.25, 0.3) is 32.9 Å². The predicted octanol–water partition coefficient (Wildman–Crippen LogP) is 4.17. The van der Waals surface area contributed by atoms with Gasteiger partial charge < -0.3 is 14.4 Å². The Morgan fingerprint density at radius 1 is 0.914 bits per heavy atom. The largest absolute Gasteiger partial charge is 0.344 e. The third kappa shape index (κ3) is 3.68. The molecule has 1 aliphatic heterocycles. The smallest absolute Gasteiger partial charge is 0.259 e. The summed E-state index contributed by atoms with van der Waals surface area (Å²) in [6.07, 6.45) is 0. The van der Waals surface area contributed by atoms with E-state index in [-0.39, 0.29) is 5.91 Å². The average molecular weight is 489 g/mol. The third-order valence-corrected chi connectivity index (χ3v) is 6.95. The van der Waals surface area contributed by atoms with Crippen LogP contribution in [0.5, 0.6) is 0 Å². The minimum absolute atomic E-state index is 0.0751. The zero-order valence-corrected chi connectivity index (χ0v) is 20.7. The normalized spacial score (nSPS) is 13.1. The molecule has 5 rings (SSSR count). The Balaban J connectivity index is 1.74. The summed E-state index contributed by atoms with van der Waals surface area (Å²) in [6.45, 7) is 1.37. The van der Waals surface area contributed by atoms with Crippen LogP contribution in [0.4, 0.5) is 0 Å². The summed E-state index contributed by atoms with van der Waals surface area (Å²) in [7, 11) is 7.62. The van der Waals surface area contributed by atoms with Gasteiger partial charge in [-0.25, -0.2) is 0 Å². The summed E-state index contributed by atoms with van der Waals surface area (Å²) in [6, 6.07) is 14.6. The number of imide groups is 1. The van der Waals surface area contributed by atoms with Crippen LogP contribution in [0.3, 0.4) is 0 Å². The highest BCUT2D eigenvalue weighted by atomic mass is 35.5. The monoisotopic (exact) mass is 488 g/mol. The molecule has 0 unspecified atom stereocenters. The summed E-state index contributed by atoms with van der Waals surface area (Å²) in [4.78, 5) is 42.6. The van der Waals surface area contributed by atoms with Crippen molar-refractivity contribution in [3.63, 3.8) is 0 Å². The first-order chi connectivity index (χ1) is 16.7. The van der Waals surface area contributed by atoms with Gasteiger partial charge >= 0.3 is 0 Å². The van der Waals surface area contributed by atoms with Crippen LogP contribution >= 0.6 is 11.6 Å². The van der Waals surface area contributed by atoms with Gasteiger partial charge in [-0.3, -0.25) is 19.7 Å². The molecule has 0 atom stereocenters. The number of hydrogen-bond donors (Lipinski definition) is 1. The molecule has 1 N–H and O–H groups in total. The van der Waals surface area contributed by atoms with Crippen LogP contribution in [0.15, 0.2) is 48.5 Å². The molecule has 4 aromatic rings. The van der Waals surface area contributed by atoms with E-state index in [1.54, 1.807) is 24.1 Å². The van der Waals surface area contributed by atoms with E-state index in [1.807, 2.05) is 67.0 Å². The summed E-state index contributed by atoms with van der Waals surface area (Å²) in [5.74, 6) is -0.943. The number of fused-ring (bicyclic) bond motifs is 5. The molecule has 178 valence electrons. The van der Waals surface area contributed by atoms with Gasteiger partial charge in [0.15, 0.2) is 0 Å². The maximum Gasteiger partial charge on any atom is 0.259 e. The fourth-order valence-electron chi connectivity index (χ4n) is 4.74. The van der Waals surface area contributed by atoms with Gasteiger partial charge in [0.2, 0.25) is 0 Å². The Labute approximate surface area is 207 Å². The molecule has 1 aliphatic rings. The van der Waals surface area contributed by atoms with Gasteiger partial charge in [-0.05, 0) is 43.9 Å². The number of nitrogens with zero attached hydrogens (tertiary/aromatic N) is 3. The molecule has 0 bridgehead atoms. The number of hydrogen-bond acceptors (Lipinski definition) is 4. The SMILES string of the molecule is CN(C)CCN(C)C(=O)c1ccc2c3c4c(c(-c5ccccc5Cl)cc3n(C)c2c1)C(=O)NC4=O. The Morgan fingerprint density at radius 2 is 1.63 bits per heavy atom. The second kappa shape index (κ2) is 8.52. The number of likely N-dealkylation sites (N-methyl/N-ethyl adjacent to an activating group) is 2. The predicted molar refractivity (Wildman–Crippen MR) is 138 cm³/mol. The minimum atomic E-state index is -0.437. The van der Waals surface area contributed by atoms with Crippen molar-refractivity contribution in [3.8, 4) is 11.1 Å². The van der Waals surface area contributed by atoms with E-state index in [4.69, 9.17) is 11.6 Å². The number of amides is 3. The van der Waals surface area contributed by atoms with Crippen LogP contribution in [0, 0.1) is 0 Å². The van der Waals surface area contributed by atoms with E-state index in [0.717, 1.165) is 23.0 Å². The third-order valence-electron chi connectivity index (χ3n) is 6.62. The second-order valence-corrected chi connectivity index (χ2v) is 9.56. The average Bonchev–Trinajstić information content (AvgIpc) is 3.29. The van der Waals surface area contributed by atoms with E-state index in [2.05, 4.69) is 5.32 Å². The van der Waals surface area contributed by atoms with Gasteiger partial charge in [0.1, 0.15) is 0 Å². The molecule has 8 heteroatoms. The highest BCUT2D eigenvalue weighted by molar-refractivity contribution is 6.36. The molecule has 0 saturated heterocycles. The highest BCUT2D eigenvalue weighted by Gasteiger charge is 2.34. The number of aryl methyl sites for hydroxylation is 1. The lowest BCUT2D eigenvalue weighted by molar-refractivity contribution is 0.0785. The molecule has 7 nitrogen and oxygen atoms in total. The molecule has 3 aromatic carbocycles. The maximum atomic E-state index is 13.1. The van der Waals surface area contributed by atoms with E-state index in [0.29, 0.717) is 44.8 Å². The molecular formula is C27H25ClN4O3. The minimum Gasteiger partial charge on any atom is -0.344 e. The van der Waals surface area contributed by atoms with Crippen molar-refractivity contribution in [3.05, 3.63) is 70.2 Å². The first kappa shape index (κ1) is 23.1. The van der Waals surface area contributed by atoms with Gasteiger partial charge in [-0.2, -0.15) is 0 Å². The van der Waals surface area contributed by atoms with Gasteiger partial charge in [0.25, 0.3) is 17.7 Å². The van der Waals surface area contributed by atoms with Crippen molar-refractivity contribution in [2.45, 2.75) is 0 Å². The van der Waals surface area contributed by atoms with Gasteiger partial charge in [0.05, 0.1) is 16.6 Å². The van der Waals surface area contributed by atoms with E-state index in [9.17, 15) is 14.4 Å². The number of nitrogens with one attached hydrogen (secondary N) is 1. The molecule has 2 heterocycles. The maximum absolute atomic E-state index is 13.1. The van der Waals surface area contributed by atoms with Crippen LogP contribution in [-0.2, 0) is 7.05 Å². The topological polar surface area (TPSA) is 74.7 Å². The molecule has 3 amide bonds. The number of aromatic nitrogens is 1. The zero-order valence-electron chi connectivity index (χ0n) is 20.0. The summed E-state index contributed by atoms with van der Waals surface area (Å²) in [5, 5.41) is 4.44. The highest BCUT2D eigenvalue weighted by Crippen LogP contribution is 2.41. The summed E-state index contributed by atoms with van der Waals surface area (Å²) < 4.78 is 1.96. The van der Waals surface area contributed by atoms with E-state index >= 15 is 0 Å². The van der Waals surface area contributed by atoms with Crippen molar-refractivity contribution < 1.29 is 14.4 Å². The Bertz CT molecular complexity index is 1550. The van der Waals surface area contributed by atoms with E-state index < -0.39 is 11.8 Å². The molecule has 1 aromatic heterocycles. The molecule has 0 saturated carbocycles. The lowest BCUT2D eigenvalue weighted by atomic mass is 9.92. The molecule has 0 radical (unpaired) electrons. The van der Waals surface area contributed by atoms with Crippen LogP contribution in [0.2, 0.25) is 5.02 Å². The van der Waals surface area contributed by atoms with Crippen LogP contribution in [0.1, 0.15) is 31.1 Å².